The fraction of sp³-hybridized carbons (Fsp3) is 0.588. The molecule has 1 atom stereocenters. The van der Waals surface area contributed by atoms with Crippen LogP contribution in [0.2, 0.25) is 0 Å². The van der Waals surface area contributed by atoms with Crippen LogP contribution in [0.1, 0.15) is 41.6 Å². The number of amides is 1. The lowest BCUT2D eigenvalue weighted by atomic mass is 10.0. The number of benzene rings is 1. The van der Waals surface area contributed by atoms with Gasteiger partial charge in [0.25, 0.3) is 5.91 Å². The van der Waals surface area contributed by atoms with Crippen LogP contribution in [0.3, 0.4) is 0 Å². The lowest BCUT2D eigenvalue weighted by molar-refractivity contribution is 0.0931. The average Bonchev–Trinajstić information content (AvgIpc) is 3.02. The predicted octanol–water partition coefficient (Wildman–Crippen LogP) is 2.08. The van der Waals surface area contributed by atoms with Crippen molar-refractivity contribution in [2.24, 2.45) is 0 Å². The van der Waals surface area contributed by atoms with Gasteiger partial charge in [-0.05, 0) is 51.3 Å². The highest BCUT2D eigenvalue weighted by Crippen LogP contribution is 2.26. The van der Waals surface area contributed by atoms with Gasteiger partial charge in [-0.25, -0.2) is 0 Å². The number of anilines is 1. The Labute approximate surface area is 126 Å². The molecule has 3 rings (SSSR count). The maximum Gasteiger partial charge on any atom is 0.253 e. The fourth-order valence-corrected chi connectivity index (χ4v) is 3.30. The summed E-state index contributed by atoms with van der Waals surface area (Å²) in [7, 11) is 0. The van der Waals surface area contributed by atoms with Gasteiger partial charge in [0.15, 0.2) is 0 Å². The zero-order chi connectivity index (χ0) is 14.7. The summed E-state index contributed by atoms with van der Waals surface area (Å²) >= 11 is 0. The highest BCUT2D eigenvalue weighted by atomic mass is 16.1. The molecule has 2 heterocycles. The van der Waals surface area contributed by atoms with E-state index in [0.29, 0.717) is 0 Å². The van der Waals surface area contributed by atoms with Crippen molar-refractivity contribution < 1.29 is 4.79 Å². The molecule has 0 radical (unpaired) electrons. The van der Waals surface area contributed by atoms with Crippen LogP contribution in [-0.4, -0.2) is 38.1 Å². The van der Waals surface area contributed by atoms with Gasteiger partial charge in [0.05, 0.1) is 5.56 Å². The minimum Gasteiger partial charge on any atom is -0.371 e. The molecular weight excluding hydrogens is 262 g/mol. The largest absolute Gasteiger partial charge is 0.371 e. The molecule has 0 spiro atoms. The summed E-state index contributed by atoms with van der Waals surface area (Å²) in [5.74, 6) is 0.0781. The average molecular weight is 287 g/mol. The van der Waals surface area contributed by atoms with E-state index in [2.05, 4.69) is 27.7 Å². The van der Waals surface area contributed by atoms with Crippen LogP contribution in [0, 0.1) is 6.92 Å². The molecule has 1 aromatic rings. The van der Waals surface area contributed by atoms with Crippen molar-refractivity contribution in [1.82, 2.24) is 10.6 Å². The number of hydrogen-bond acceptors (Lipinski definition) is 3. The molecule has 4 heteroatoms. The van der Waals surface area contributed by atoms with E-state index in [4.69, 9.17) is 0 Å². The third-order valence-corrected chi connectivity index (χ3v) is 4.48. The lowest BCUT2D eigenvalue weighted by Crippen LogP contribution is -2.45. The number of hydrogen-bond donors (Lipinski definition) is 2. The van der Waals surface area contributed by atoms with Crippen LogP contribution >= 0.6 is 0 Å². The number of carbonyl (C=O) groups is 1. The van der Waals surface area contributed by atoms with Gasteiger partial charge in [0, 0.05) is 31.4 Å². The van der Waals surface area contributed by atoms with E-state index in [1.807, 2.05) is 13.0 Å². The number of piperidine rings is 1. The Morgan fingerprint density at radius 1 is 1.29 bits per heavy atom. The van der Waals surface area contributed by atoms with Gasteiger partial charge in [-0.15, -0.1) is 0 Å². The quantitative estimate of drug-likeness (QED) is 0.894. The van der Waals surface area contributed by atoms with Gasteiger partial charge < -0.3 is 15.5 Å². The normalized spacial score (nSPS) is 22.3. The van der Waals surface area contributed by atoms with Crippen molar-refractivity contribution in [3.8, 4) is 0 Å². The molecule has 2 N–H and O–H groups in total. The zero-order valence-corrected chi connectivity index (χ0v) is 12.8. The molecule has 0 aliphatic carbocycles. The van der Waals surface area contributed by atoms with E-state index >= 15 is 0 Å². The molecule has 4 nitrogen and oxygen atoms in total. The molecule has 1 amide bonds. The molecule has 1 unspecified atom stereocenters. The second-order valence-electron chi connectivity index (χ2n) is 6.23. The Morgan fingerprint density at radius 2 is 2.10 bits per heavy atom. The molecule has 2 saturated heterocycles. The van der Waals surface area contributed by atoms with Crippen molar-refractivity contribution in [2.45, 2.75) is 38.6 Å². The predicted molar refractivity (Wildman–Crippen MR) is 86.0 cm³/mol. The van der Waals surface area contributed by atoms with E-state index in [0.717, 1.165) is 55.8 Å². The Hall–Kier alpha value is -1.55. The van der Waals surface area contributed by atoms with E-state index in [1.165, 1.54) is 12.8 Å². The van der Waals surface area contributed by atoms with E-state index in [9.17, 15) is 4.79 Å². The summed E-state index contributed by atoms with van der Waals surface area (Å²) in [4.78, 5) is 15.0. The number of nitrogens with zero attached hydrogens (tertiary/aromatic N) is 1. The minimum absolute atomic E-state index is 0.0781. The summed E-state index contributed by atoms with van der Waals surface area (Å²) in [6.07, 6.45) is 4.66. The summed E-state index contributed by atoms with van der Waals surface area (Å²) < 4.78 is 0. The number of carbonyl (C=O) groups excluding carboxylic acids is 1. The van der Waals surface area contributed by atoms with Crippen LogP contribution in [0.5, 0.6) is 0 Å². The first-order chi connectivity index (χ1) is 10.2. The molecule has 2 aliphatic heterocycles. The second-order valence-corrected chi connectivity index (χ2v) is 6.23. The smallest absolute Gasteiger partial charge is 0.253 e. The van der Waals surface area contributed by atoms with Crippen molar-refractivity contribution in [3.05, 3.63) is 29.3 Å². The van der Waals surface area contributed by atoms with Crippen molar-refractivity contribution >= 4 is 11.6 Å². The molecule has 0 bridgehead atoms. The molecule has 2 aliphatic rings. The topological polar surface area (TPSA) is 44.4 Å². The molecule has 2 fully saturated rings. The molecule has 0 saturated carbocycles. The first kappa shape index (κ1) is 14.4. The maximum absolute atomic E-state index is 12.7. The number of aryl methyl sites for hydroxylation is 1. The zero-order valence-electron chi connectivity index (χ0n) is 12.8. The third-order valence-electron chi connectivity index (χ3n) is 4.48. The van der Waals surface area contributed by atoms with Crippen LogP contribution < -0.4 is 15.5 Å². The highest BCUT2D eigenvalue weighted by Gasteiger charge is 2.22. The number of rotatable bonds is 3. The maximum atomic E-state index is 12.7. The van der Waals surface area contributed by atoms with Crippen molar-refractivity contribution in [2.75, 3.05) is 31.1 Å². The molecular formula is C17H25N3O. The third kappa shape index (κ3) is 3.38. The standard InChI is InChI=1S/C17H25N3O/c1-13-6-7-16(20-9-2-3-10-20)15(11-13)17(21)19-14-5-4-8-18-12-14/h6-7,11,14,18H,2-5,8-10,12H2,1H3,(H,19,21). The minimum atomic E-state index is 0.0781. The SMILES string of the molecule is Cc1ccc(N2CCCC2)c(C(=O)NC2CCCNC2)c1. The van der Waals surface area contributed by atoms with Gasteiger partial charge in [0.2, 0.25) is 0 Å². The van der Waals surface area contributed by atoms with Crippen LogP contribution in [0.4, 0.5) is 5.69 Å². The summed E-state index contributed by atoms with van der Waals surface area (Å²) in [5.41, 5.74) is 3.08. The first-order valence-corrected chi connectivity index (χ1v) is 8.11. The van der Waals surface area contributed by atoms with Crippen molar-refractivity contribution in [3.63, 3.8) is 0 Å². The number of nitrogens with one attached hydrogen (secondary N) is 2. The first-order valence-electron chi connectivity index (χ1n) is 8.11. The highest BCUT2D eigenvalue weighted by molar-refractivity contribution is 6.00. The summed E-state index contributed by atoms with van der Waals surface area (Å²) in [6.45, 7) is 6.13. The molecule has 21 heavy (non-hydrogen) atoms. The van der Waals surface area contributed by atoms with Gasteiger partial charge >= 0.3 is 0 Å². The Balaban J connectivity index is 1.78. The van der Waals surface area contributed by atoms with Gasteiger partial charge in [0.1, 0.15) is 0 Å². The Kier molecular flexibility index (Phi) is 4.44. The molecule has 1 aromatic carbocycles. The van der Waals surface area contributed by atoms with E-state index in [-0.39, 0.29) is 11.9 Å². The fourth-order valence-electron chi connectivity index (χ4n) is 3.30. The Bertz CT molecular complexity index is 503. The van der Waals surface area contributed by atoms with E-state index < -0.39 is 0 Å². The summed E-state index contributed by atoms with van der Waals surface area (Å²) in [5, 5.41) is 6.55. The van der Waals surface area contributed by atoms with Crippen molar-refractivity contribution in [1.29, 1.82) is 0 Å². The van der Waals surface area contributed by atoms with Gasteiger partial charge in [-0.2, -0.15) is 0 Å². The molecule has 0 aromatic heterocycles. The van der Waals surface area contributed by atoms with Gasteiger partial charge in [-0.1, -0.05) is 11.6 Å². The van der Waals surface area contributed by atoms with Crippen LogP contribution in [-0.2, 0) is 0 Å². The van der Waals surface area contributed by atoms with Gasteiger partial charge in [-0.3, -0.25) is 4.79 Å². The summed E-state index contributed by atoms with van der Waals surface area (Å²) in [6, 6.07) is 6.50. The Morgan fingerprint density at radius 3 is 2.81 bits per heavy atom. The monoisotopic (exact) mass is 287 g/mol. The lowest BCUT2D eigenvalue weighted by Gasteiger charge is -2.26. The van der Waals surface area contributed by atoms with Crippen LogP contribution in [0.15, 0.2) is 18.2 Å². The second kappa shape index (κ2) is 6.48. The van der Waals surface area contributed by atoms with Crippen LogP contribution in [0.25, 0.3) is 0 Å². The molecule has 114 valence electrons. The van der Waals surface area contributed by atoms with E-state index in [1.54, 1.807) is 0 Å².